The fraction of sp³-hybridized carbons (Fsp3) is 0.226. The summed E-state index contributed by atoms with van der Waals surface area (Å²) in [5.41, 5.74) is -0.464. The average molecular weight is 697 g/mol. The minimum Gasteiger partial charge on any atom is -0.489 e. The van der Waals surface area contributed by atoms with E-state index in [1.54, 1.807) is 28.1 Å². The summed E-state index contributed by atoms with van der Waals surface area (Å²) < 4.78 is 177. The molecule has 0 aliphatic rings. The van der Waals surface area contributed by atoms with Crippen molar-refractivity contribution in [2.75, 3.05) is 21.1 Å². The maximum atomic E-state index is 15.2. The highest BCUT2D eigenvalue weighted by Gasteiger charge is 2.39. The Morgan fingerprint density at radius 3 is 1.33 bits per heavy atom. The topological polar surface area (TPSA) is 27.7 Å². The summed E-state index contributed by atoms with van der Waals surface area (Å²) in [5.74, 6) is -21.7. The zero-order valence-corrected chi connectivity index (χ0v) is 25.3. The zero-order valence-electron chi connectivity index (χ0n) is 25.3. The predicted octanol–water partition coefficient (Wildman–Crippen LogP) is 8.91. The molecule has 0 heterocycles. The largest absolute Gasteiger partial charge is 0.864 e. The van der Waals surface area contributed by atoms with Gasteiger partial charge in [-0.05, 0) is 0 Å². The van der Waals surface area contributed by atoms with Crippen LogP contribution < -0.4 is 14.0 Å². The predicted molar refractivity (Wildman–Crippen MR) is 147 cm³/mol. The molecule has 4 nitrogen and oxygen atoms in total. The van der Waals surface area contributed by atoms with Gasteiger partial charge in [-0.1, -0.05) is 13.3 Å². The second kappa shape index (κ2) is 15.6. The Kier molecular flexibility index (Phi) is 12.3. The van der Waals surface area contributed by atoms with Gasteiger partial charge in [0.05, 0.1) is 32.5 Å². The first-order valence-corrected chi connectivity index (χ1v) is 13.6. The van der Waals surface area contributed by atoms with E-state index in [0.717, 1.165) is 12.1 Å². The summed E-state index contributed by atoms with van der Waals surface area (Å²) in [6.45, 7) is 1.76. The van der Waals surface area contributed by atoms with Crippen LogP contribution in [0.3, 0.4) is 0 Å². The molecule has 0 saturated carbocycles. The number of benzene rings is 4. The van der Waals surface area contributed by atoms with Crippen molar-refractivity contribution in [3.8, 4) is 17.2 Å². The van der Waals surface area contributed by atoms with Gasteiger partial charge in [-0.15, -0.1) is 12.1 Å². The maximum absolute atomic E-state index is 15.2. The third kappa shape index (κ3) is 9.08. The van der Waals surface area contributed by atoms with Gasteiger partial charge in [-0.2, -0.15) is 6.07 Å². The van der Waals surface area contributed by atoms with E-state index >= 15 is 4.39 Å². The summed E-state index contributed by atoms with van der Waals surface area (Å²) in [6, 6.07) is 4.62. The minimum atomic E-state index is -2.32. The molecule has 0 amide bonds. The van der Waals surface area contributed by atoms with Crippen LogP contribution in [0.25, 0.3) is 0 Å². The summed E-state index contributed by atoms with van der Waals surface area (Å²) in [6.07, 6.45) is 0.716. The lowest BCUT2D eigenvalue weighted by Crippen LogP contribution is -2.41. The average Bonchev–Trinajstić information content (AvgIpc) is 2.99. The van der Waals surface area contributed by atoms with E-state index in [1.807, 2.05) is 0 Å². The molecule has 1 unspecified atom stereocenters. The van der Waals surface area contributed by atoms with E-state index in [9.17, 15) is 48.3 Å². The molecule has 4 aromatic carbocycles. The van der Waals surface area contributed by atoms with Crippen molar-refractivity contribution in [1.82, 2.24) is 0 Å². The minimum absolute atomic E-state index is 0.00133. The van der Waals surface area contributed by atoms with Crippen LogP contribution in [0, 0.1) is 75.9 Å². The lowest BCUT2D eigenvalue weighted by Gasteiger charge is -2.35. The third-order valence-electron chi connectivity index (χ3n) is 6.43. The monoisotopic (exact) mass is 697 g/mol. The number of hydrogen-bond donors (Lipinski definition) is 0. The highest BCUT2D eigenvalue weighted by molar-refractivity contribution is 6.39. The molecule has 0 fully saturated rings. The first-order valence-electron chi connectivity index (χ1n) is 13.6. The van der Waals surface area contributed by atoms with Crippen molar-refractivity contribution < 1.29 is 71.1 Å². The van der Waals surface area contributed by atoms with Gasteiger partial charge in [0.25, 0.3) is 0 Å². The molecule has 48 heavy (non-hydrogen) atoms. The molecule has 0 aliphatic heterocycles. The number of rotatable bonds is 10. The highest BCUT2D eigenvalue weighted by atomic mass is 19.2. The molecule has 17 heteroatoms. The number of halogens is 12. The molecule has 4 rings (SSSR count). The zero-order chi connectivity index (χ0) is 36.1. The Hall–Kier alpha value is -4.54. The smallest absolute Gasteiger partial charge is 0.489 e. The van der Waals surface area contributed by atoms with Crippen molar-refractivity contribution in [2.24, 2.45) is 0 Å². The lowest BCUT2D eigenvalue weighted by atomic mass is 9.97. The van der Waals surface area contributed by atoms with Crippen molar-refractivity contribution in [1.29, 1.82) is 0 Å². The van der Waals surface area contributed by atoms with Gasteiger partial charge in [-0.25, -0.2) is 43.9 Å². The number of nitrogens with zero attached hydrogens (tertiary/aromatic N) is 1. The SMILES string of the molecule is CCCC(c1c(OB(Oc2cc(F)c(F)c(F)c2)Oc2cc(F)c(F)c(F)c2)cc(F)c(F)c1F)[N+](C)(C)C.Fc1c[c-]cc(F)c1F. The summed E-state index contributed by atoms with van der Waals surface area (Å²) in [4.78, 5) is 0. The molecule has 0 aliphatic carbocycles. The molecule has 4 aromatic rings. The molecule has 1 atom stereocenters. The van der Waals surface area contributed by atoms with E-state index in [4.69, 9.17) is 14.0 Å². The van der Waals surface area contributed by atoms with E-state index in [0.29, 0.717) is 36.8 Å². The molecule has 0 N–H and O–H groups in total. The second-order valence-electron chi connectivity index (χ2n) is 10.8. The van der Waals surface area contributed by atoms with Crippen LogP contribution >= 0.6 is 0 Å². The molecule has 0 bridgehead atoms. The van der Waals surface area contributed by atoms with Crippen molar-refractivity contribution >= 4 is 7.32 Å². The van der Waals surface area contributed by atoms with Crippen LogP contribution in [0.5, 0.6) is 17.2 Å². The summed E-state index contributed by atoms with van der Waals surface area (Å²) in [7, 11) is 2.60. The van der Waals surface area contributed by atoms with Gasteiger partial charge >= 0.3 is 7.32 Å². The van der Waals surface area contributed by atoms with Gasteiger partial charge in [0.2, 0.25) is 0 Å². The Bertz CT molecular complexity index is 1640. The lowest BCUT2D eigenvalue weighted by molar-refractivity contribution is -0.902. The van der Waals surface area contributed by atoms with Gasteiger partial charge in [-0.3, -0.25) is 8.78 Å². The van der Waals surface area contributed by atoms with Gasteiger partial charge in [0.15, 0.2) is 52.4 Å². The van der Waals surface area contributed by atoms with E-state index in [-0.39, 0.29) is 10.9 Å². The molecule has 258 valence electrons. The van der Waals surface area contributed by atoms with E-state index < -0.39 is 106 Å². The van der Waals surface area contributed by atoms with Crippen LogP contribution in [0.1, 0.15) is 31.4 Å². The van der Waals surface area contributed by atoms with Crippen LogP contribution in [-0.2, 0) is 0 Å². The molecule has 0 aromatic heterocycles. The van der Waals surface area contributed by atoms with Crippen LogP contribution in [-0.4, -0.2) is 32.9 Å². The van der Waals surface area contributed by atoms with Crippen molar-refractivity contribution in [3.05, 3.63) is 124 Å². The van der Waals surface area contributed by atoms with Crippen LogP contribution in [0.4, 0.5) is 52.7 Å². The molecule has 0 saturated heterocycles. The first kappa shape index (κ1) is 37.9. The van der Waals surface area contributed by atoms with Gasteiger partial charge in [0.1, 0.15) is 23.3 Å². The maximum Gasteiger partial charge on any atom is 0.864 e. The number of hydrogen-bond acceptors (Lipinski definition) is 3. The van der Waals surface area contributed by atoms with Gasteiger partial charge < -0.3 is 18.4 Å². The van der Waals surface area contributed by atoms with Gasteiger partial charge in [0, 0.05) is 48.4 Å². The van der Waals surface area contributed by atoms with Crippen molar-refractivity contribution in [2.45, 2.75) is 25.8 Å². The fourth-order valence-corrected chi connectivity index (χ4v) is 4.22. The summed E-state index contributed by atoms with van der Waals surface area (Å²) >= 11 is 0. The first-order chi connectivity index (χ1) is 22.3. The highest BCUT2D eigenvalue weighted by Crippen LogP contribution is 2.39. The quantitative estimate of drug-likeness (QED) is 0.0545. The van der Waals surface area contributed by atoms with Crippen LogP contribution in [0.2, 0.25) is 0 Å². The number of quaternary nitrogens is 1. The Morgan fingerprint density at radius 1 is 0.562 bits per heavy atom. The Balaban J connectivity index is 0.000000598. The Morgan fingerprint density at radius 2 is 0.958 bits per heavy atom. The standard InChI is InChI=1S/C25H22BF9NO3.C6H2F3/c1-5-6-19(36(2,3)4)21-20(11-18(31)24(34)25(21)35)39-26(37-12-7-14(27)22(32)15(28)8-12)38-13-9-16(29)23(33)17(30)10-13;7-4-2-1-3-5(8)6(4)9/h7-11,19H,5-6H2,1-4H3;2-3H/q+1;-1. The fourth-order valence-electron chi connectivity index (χ4n) is 4.22. The second-order valence-corrected chi connectivity index (χ2v) is 10.8. The van der Waals surface area contributed by atoms with E-state index in [1.165, 1.54) is 0 Å². The van der Waals surface area contributed by atoms with Crippen LogP contribution in [0.15, 0.2) is 42.5 Å². The Labute approximate surface area is 266 Å². The third-order valence-corrected chi connectivity index (χ3v) is 6.43. The molecular formula is C31H24BF12NO3. The molecule has 0 radical (unpaired) electrons. The summed E-state index contributed by atoms with van der Waals surface area (Å²) in [5, 5.41) is 0. The van der Waals surface area contributed by atoms with Crippen molar-refractivity contribution in [3.63, 3.8) is 0 Å². The van der Waals surface area contributed by atoms with E-state index in [2.05, 4.69) is 6.07 Å². The molecule has 0 spiro atoms. The normalized spacial score (nSPS) is 11.8. The molecular weight excluding hydrogens is 673 g/mol.